The minimum absolute atomic E-state index is 0.0276. The maximum atomic E-state index is 13.1. The number of fused-ring (bicyclic) bond motifs is 1. The summed E-state index contributed by atoms with van der Waals surface area (Å²) in [7, 11) is -2.34. The van der Waals surface area contributed by atoms with Gasteiger partial charge in [0.2, 0.25) is 15.9 Å². The van der Waals surface area contributed by atoms with Crippen molar-refractivity contribution in [2.75, 3.05) is 46.6 Å². The monoisotopic (exact) mass is 462 g/mol. The minimum atomic E-state index is -3.76. The fraction of sp³-hybridized carbons (Fsp3) is 0.409. The van der Waals surface area contributed by atoms with E-state index in [9.17, 15) is 13.2 Å². The Labute approximate surface area is 187 Å². The second kappa shape index (κ2) is 9.76. The zero-order valence-electron chi connectivity index (χ0n) is 17.8. The van der Waals surface area contributed by atoms with Crippen LogP contribution in [0.15, 0.2) is 47.4 Å². The highest BCUT2D eigenvalue weighted by molar-refractivity contribution is 7.89. The van der Waals surface area contributed by atoms with Gasteiger partial charge in [0, 0.05) is 13.1 Å². The molecule has 1 fully saturated rings. The maximum absolute atomic E-state index is 13.1. The van der Waals surface area contributed by atoms with Crippen molar-refractivity contribution in [1.82, 2.24) is 9.62 Å². The Bertz CT molecular complexity index is 1070. The lowest BCUT2D eigenvalue weighted by molar-refractivity contribution is -0.120. The molecule has 0 unspecified atom stereocenters. The van der Waals surface area contributed by atoms with Gasteiger partial charge in [-0.1, -0.05) is 18.2 Å². The number of rotatable bonds is 7. The Morgan fingerprint density at radius 3 is 2.66 bits per heavy atom. The second-order valence-electron chi connectivity index (χ2n) is 7.48. The predicted octanol–water partition coefficient (Wildman–Crippen LogP) is 1.21. The van der Waals surface area contributed by atoms with Gasteiger partial charge in [0.25, 0.3) is 0 Å². The van der Waals surface area contributed by atoms with Crippen molar-refractivity contribution in [3.8, 4) is 17.2 Å². The van der Waals surface area contributed by atoms with Crippen molar-refractivity contribution in [1.29, 1.82) is 0 Å². The zero-order valence-corrected chi connectivity index (χ0v) is 18.6. The molecular formula is C22H26N2O7S. The lowest BCUT2D eigenvalue weighted by Gasteiger charge is -2.27. The van der Waals surface area contributed by atoms with Gasteiger partial charge < -0.3 is 24.3 Å². The highest BCUT2D eigenvalue weighted by atomic mass is 32.2. The van der Waals surface area contributed by atoms with Gasteiger partial charge >= 0.3 is 0 Å². The number of carbonyl (C=O) groups is 1. The van der Waals surface area contributed by atoms with Crippen molar-refractivity contribution in [3.63, 3.8) is 0 Å². The summed E-state index contributed by atoms with van der Waals surface area (Å²) in [5.74, 6) is 1.33. The molecule has 10 heteroatoms. The van der Waals surface area contributed by atoms with Crippen LogP contribution in [0.5, 0.6) is 17.2 Å². The number of amides is 1. The number of nitrogens with one attached hydrogen (secondary N) is 1. The summed E-state index contributed by atoms with van der Waals surface area (Å²) < 4.78 is 49.6. The summed E-state index contributed by atoms with van der Waals surface area (Å²) in [6, 6.07) is 12.1. The lowest BCUT2D eigenvalue weighted by atomic mass is 10.1. The first-order valence-corrected chi connectivity index (χ1v) is 11.8. The summed E-state index contributed by atoms with van der Waals surface area (Å²) in [4.78, 5) is 12.6. The molecule has 1 N–H and O–H groups in total. The molecule has 172 valence electrons. The molecule has 0 aromatic heterocycles. The largest absolute Gasteiger partial charge is 0.495 e. The number of para-hydroxylation sites is 2. The van der Waals surface area contributed by atoms with Crippen LogP contribution in [0.1, 0.15) is 5.56 Å². The van der Waals surface area contributed by atoms with Gasteiger partial charge in [0.05, 0.1) is 33.3 Å². The van der Waals surface area contributed by atoms with Crippen molar-refractivity contribution in [2.24, 2.45) is 0 Å². The highest BCUT2D eigenvalue weighted by Crippen LogP contribution is 2.31. The van der Waals surface area contributed by atoms with Crippen LogP contribution >= 0.6 is 0 Å². The third kappa shape index (κ3) is 4.98. The summed E-state index contributed by atoms with van der Waals surface area (Å²) in [5.41, 5.74) is 0.571. The Morgan fingerprint density at radius 1 is 1.16 bits per heavy atom. The first-order valence-electron chi connectivity index (χ1n) is 10.4. The van der Waals surface area contributed by atoms with Crippen LogP contribution < -0.4 is 19.5 Å². The van der Waals surface area contributed by atoms with E-state index in [4.69, 9.17) is 18.9 Å². The minimum Gasteiger partial charge on any atom is -0.495 e. The number of sulfonamides is 1. The van der Waals surface area contributed by atoms with Crippen LogP contribution in [-0.4, -0.2) is 71.3 Å². The molecule has 2 heterocycles. The van der Waals surface area contributed by atoms with Crippen LogP contribution in [0.4, 0.5) is 0 Å². The van der Waals surface area contributed by atoms with Crippen LogP contribution in [-0.2, 0) is 26.0 Å². The second-order valence-corrected chi connectivity index (χ2v) is 9.39. The number of hydrogen-bond donors (Lipinski definition) is 1. The average molecular weight is 463 g/mol. The molecule has 2 aliphatic rings. The number of hydrogen-bond acceptors (Lipinski definition) is 7. The first-order chi connectivity index (χ1) is 15.5. The van der Waals surface area contributed by atoms with E-state index in [1.807, 2.05) is 24.3 Å². The van der Waals surface area contributed by atoms with Gasteiger partial charge in [0.1, 0.15) is 23.4 Å². The molecule has 1 amide bonds. The third-order valence-electron chi connectivity index (χ3n) is 5.28. The normalized spacial score (nSPS) is 18.7. The molecule has 0 spiro atoms. The molecule has 0 bridgehead atoms. The Hall–Kier alpha value is -2.82. The number of carbonyl (C=O) groups excluding carboxylic acids is 1. The van der Waals surface area contributed by atoms with E-state index in [0.29, 0.717) is 36.9 Å². The number of benzene rings is 2. The molecule has 32 heavy (non-hydrogen) atoms. The summed E-state index contributed by atoms with van der Waals surface area (Å²) in [6.07, 6.45) is -0.276. The number of nitrogens with zero attached hydrogens (tertiary/aromatic N) is 1. The molecule has 1 saturated heterocycles. The molecule has 0 aliphatic carbocycles. The fourth-order valence-electron chi connectivity index (χ4n) is 3.60. The molecule has 9 nitrogen and oxygen atoms in total. The number of methoxy groups -OCH3 is 1. The van der Waals surface area contributed by atoms with Gasteiger partial charge in [-0.25, -0.2) is 8.42 Å². The standard InChI is InChI=1S/C22H26N2O7S/c1-28-20-7-6-16(12-21(20)32(26,27)24-8-10-29-11-9-24)13-22(25)23-14-17-15-30-18-4-2-3-5-19(18)31-17/h2-7,12,17H,8-11,13-15H2,1H3,(H,23,25)/t17-/m0/s1. The van der Waals surface area contributed by atoms with Gasteiger partial charge in [-0.05, 0) is 29.8 Å². The molecule has 2 aromatic rings. The van der Waals surface area contributed by atoms with Gasteiger partial charge in [-0.15, -0.1) is 0 Å². The highest BCUT2D eigenvalue weighted by Gasteiger charge is 2.29. The molecule has 2 aromatic carbocycles. The topological polar surface area (TPSA) is 103 Å². The smallest absolute Gasteiger partial charge is 0.246 e. The van der Waals surface area contributed by atoms with Crippen LogP contribution in [0.2, 0.25) is 0 Å². The quantitative estimate of drug-likeness (QED) is 0.660. The van der Waals surface area contributed by atoms with Crippen LogP contribution in [0.25, 0.3) is 0 Å². The van der Waals surface area contributed by atoms with E-state index in [-0.39, 0.29) is 48.7 Å². The third-order valence-corrected chi connectivity index (χ3v) is 7.19. The molecule has 2 aliphatic heterocycles. The summed E-state index contributed by atoms with van der Waals surface area (Å²) in [5, 5.41) is 2.83. The molecule has 0 saturated carbocycles. The predicted molar refractivity (Wildman–Crippen MR) is 116 cm³/mol. The van der Waals surface area contributed by atoms with Crippen LogP contribution in [0.3, 0.4) is 0 Å². The van der Waals surface area contributed by atoms with E-state index < -0.39 is 10.0 Å². The fourth-order valence-corrected chi connectivity index (χ4v) is 5.21. The Morgan fingerprint density at radius 2 is 1.91 bits per heavy atom. The van der Waals surface area contributed by atoms with Crippen LogP contribution in [0, 0.1) is 0 Å². The molecule has 1 atom stereocenters. The number of morpholine rings is 1. The molecule has 0 radical (unpaired) electrons. The van der Waals surface area contributed by atoms with E-state index in [0.717, 1.165) is 0 Å². The van der Waals surface area contributed by atoms with Gasteiger partial charge in [0.15, 0.2) is 11.5 Å². The summed E-state index contributed by atoms with van der Waals surface area (Å²) in [6.45, 7) is 1.87. The first kappa shape index (κ1) is 22.4. The van der Waals surface area contributed by atoms with Crippen molar-refractivity contribution < 1.29 is 32.2 Å². The van der Waals surface area contributed by atoms with E-state index >= 15 is 0 Å². The lowest BCUT2D eigenvalue weighted by Crippen LogP contribution is -2.41. The SMILES string of the molecule is COc1ccc(CC(=O)NC[C@H]2COc3ccccc3O2)cc1S(=O)(=O)N1CCOCC1. The Balaban J connectivity index is 1.40. The van der Waals surface area contributed by atoms with Crippen molar-refractivity contribution >= 4 is 15.9 Å². The molecule has 4 rings (SSSR count). The van der Waals surface area contributed by atoms with Crippen molar-refractivity contribution in [2.45, 2.75) is 17.4 Å². The van der Waals surface area contributed by atoms with Crippen molar-refractivity contribution in [3.05, 3.63) is 48.0 Å². The Kier molecular flexibility index (Phi) is 6.83. The van der Waals surface area contributed by atoms with E-state index in [2.05, 4.69) is 5.32 Å². The maximum Gasteiger partial charge on any atom is 0.246 e. The number of ether oxygens (including phenoxy) is 4. The summed E-state index contributed by atoms with van der Waals surface area (Å²) >= 11 is 0. The molecular weight excluding hydrogens is 436 g/mol. The van der Waals surface area contributed by atoms with E-state index in [1.165, 1.54) is 17.5 Å². The van der Waals surface area contributed by atoms with E-state index in [1.54, 1.807) is 12.1 Å². The van der Waals surface area contributed by atoms with Gasteiger partial charge in [-0.3, -0.25) is 4.79 Å². The van der Waals surface area contributed by atoms with Gasteiger partial charge in [-0.2, -0.15) is 4.31 Å². The zero-order chi connectivity index (χ0) is 22.6. The average Bonchev–Trinajstić information content (AvgIpc) is 2.83.